The number of hydrogen-bond acceptors (Lipinski definition) is 2. The largest absolute Gasteiger partial charge is 0.481 e. The lowest BCUT2D eigenvalue weighted by atomic mass is 9.78. The molecule has 1 aliphatic carbocycles. The molecular weight excluding hydrogens is 407 g/mol. The first-order valence-corrected chi connectivity index (χ1v) is 9.60. The van der Waals surface area contributed by atoms with Crippen molar-refractivity contribution in [1.29, 1.82) is 0 Å². The zero-order valence-electron chi connectivity index (χ0n) is 16.1. The second-order valence-electron chi connectivity index (χ2n) is 7.18. The number of halogens is 4. The summed E-state index contributed by atoms with van der Waals surface area (Å²) in [4.78, 5) is 23.7. The highest BCUT2D eigenvalue weighted by Crippen LogP contribution is 2.39. The SMILES string of the molecule is Cc1c(CCC(=O)O)cccc1NC(=O)[C@H](C1C=CC(Cl)=CC1)[C@@H](C)C(F)(F)F. The summed E-state index contributed by atoms with van der Waals surface area (Å²) in [6, 6.07) is 4.98. The minimum atomic E-state index is -4.53. The normalized spacial score (nSPS) is 18.7. The van der Waals surface area contributed by atoms with Crippen LogP contribution in [0.2, 0.25) is 0 Å². The third kappa shape index (κ3) is 6.10. The number of aliphatic carboxylic acids is 1. The van der Waals surface area contributed by atoms with Crippen LogP contribution >= 0.6 is 11.6 Å². The Balaban J connectivity index is 2.27. The number of carboxylic acids is 1. The molecule has 2 rings (SSSR count). The van der Waals surface area contributed by atoms with Gasteiger partial charge in [0.15, 0.2) is 0 Å². The van der Waals surface area contributed by atoms with Crippen molar-refractivity contribution in [3.63, 3.8) is 0 Å². The fourth-order valence-electron chi connectivity index (χ4n) is 3.42. The molecule has 29 heavy (non-hydrogen) atoms. The van der Waals surface area contributed by atoms with Gasteiger partial charge in [0.2, 0.25) is 5.91 Å². The molecule has 158 valence electrons. The van der Waals surface area contributed by atoms with Crippen molar-refractivity contribution < 1.29 is 27.9 Å². The van der Waals surface area contributed by atoms with Gasteiger partial charge in [0.1, 0.15) is 0 Å². The number of allylic oxidation sites excluding steroid dienone is 4. The summed E-state index contributed by atoms with van der Waals surface area (Å²) in [6.07, 6.45) is 0.563. The molecule has 3 atom stereocenters. The number of hydrogen-bond donors (Lipinski definition) is 2. The van der Waals surface area contributed by atoms with Gasteiger partial charge in [-0.25, -0.2) is 0 Å². The lowest BCUT2D eigenvalue weighted by Gasteiger charge is -2.31. The van der Waals surface area contributed by atoms with E-state index in [1.54, 1.807) is 37.3 Å². The molecule has 0 saturated heterocycles. The first kappa shape index (κ1) is 23.0. The van der Waals surface area contributed by atoms with Gasteiger partial charge in [0, 0.05) is 17.1 Å². The lowest BCUT2D eigenvalue weighted by Crippen LogP contribution is -2.40. The molecule has 0 aromatic heterocycles. The molecule has 0 heterocycles. The molecule has 1 aliphatic rings. The minimum Gasteiger partial charge on any atom is -0.481 e. The standard InChI is InChI=1S/C21H23ClF3NO3/c1-12-14(8-11-18(27)28)4-3-5-17(12)26-20(29)19(13(2)21(23,24)25)15-6-9-16(22)10-7-15/h3-6,9-10,13,15,19H,7-8,11H2,1-2H3,(H,26,29)(H,27,28)/t13-,15?,19+/m1/s1. The number of alkyl halides is 3. The van der Waals surface area contributed by atoms with Crippen molar-refractivity contribution in [2.75, 3.05) is 5.32 Å². The molecule has 0 bridgehead atoms. The average molecular weight is 430 g/mol. The Bertz CT molecular complexity index is 833. The third-order valence-electron chi connectivity index (χ3n) is 5.22. The molecule has 2 N–H and O–H groups in total. The molecule has 4 nitrogen and oxygen atoms in total. The highest BCUT2D eigenvalue weighted by molar-refractivity contribution is 6.31. The van der Waals surface area contributed by atoms with Gasteiger partial charge < -0.3 is 10.4 Å². The quantitative estimate of drug-likeness (QED) is 0.604. The van der Waals surface area contributed by atoms with Crippen LogP contribution in [-0.4, -0.2) is 23.2 Å². The van der Waals surface area contributed by atoms with Crippen LogP contribution in [-0.2, 0) is 16.0 Å². The van der Waals surface area contributed by atoms with E-state index in [4.69, 9.17) is 16.7 Å². The van der Waals surface area contributed by atoms with Crippen molar-refractivity contribution in [2.45, 2.75) is 39.3 Å². The molecule has 8 heteroatoms. The minimum absolute atomic E-state index is 0.0774. The number of amides is 1. The van der Waals surface area contributed by atoms with E-state index in [0.717, 1.165) is 12.5 Å². The molecule has 0 aliphatic heterocycles. The van der Waals surface area contributed by atoms with Crippen molar-refractivity contribution in [3.8, 4) is 0 Å². The number of carbonyl (C=O) groups excluding carboxylic acids is 1. The highest BCUT2D eigenvalue weighted by Gasteiger charge is 2.46. The fraction of sp³-hybridized carbons (Fsp3) is 0.429. The van der Waals surface area contributed by atoms with E-state index in [9.17, 15) is 22.8 Å². The van der Waals surface area contributed by atoms with E-state index >= 15 is 0 Å². The van der Waals surface area contributed by atoms with Crippen LogP contribution < -0.4 is 5.32 Å². The summed E-state index contributed by atoms with van der Waals surface area (Å²) in [7, 11) is 0. The van der Waals surface area contributed by atoms with Crippen LogP contribution in [0.1, 0.15) is 30.9 Å². The molecule has 1 aromatic carbocycles. The Morgan fingerprint density at radius 2 is 2.03 bits per heavy atom. The van der Waals surface area contributed by atoms with Gasteiger partial charge in [-0.15, -0.1) is 0 Å². The lowest BCUT2D eigenvalue weighted by molar-refractivity contribution is -0.188. The number of anilines is 1. The Hall–Kier alpha value is -2.28. The summed E-state index contributed by atoms with van der Waals surface area (Å²) < 4.78 is 40.3. The van der Waals surface area contributed by atoms with Crippen LogP contribution in [0.3, 0.4) is 0 Å². The number of benzene rings is 1. The Labute approximate surface area is 172 Å². The van der Waals surface area contributed by atoms with Crippen LogP contribution in [0.4, 0.5) is 18.9 Å². The third-order valence-corrected chi connectivity index (χ3v) is 5.50. The zero-order valence-corrected chi connectivity index (χ0v) is 16.8. The predicted molar refractivity (Wildman–Crippen MR) is 106 cm³/mol. The van der Waals surface area contributed by atoms with Crippen molar-refractivity contribution >= 4 is 29.2 Å². The maximum absolute atomic E-state index is 13.4. The van der Waals surface area contributed by atoms with E-state index in [0.29, 0.717) is 16.3 Å². The van der Waals surface area contributed by atoms with Crippen molar-refractivity contribution in [3.05, 3.63) is 52.6 Å². The number of carbonyl (C=O) groups is 2. The maximum Gasteiger partial charge on any atom is 0.392 e. The molecule has 1 aromatic rings. The summed E-state index contributed by atoms with van der Waals surface area (Å²) in [6.45, 7) is 2.71. The van der Waals surface area contributed by atoms with Crippen LogP contribution in [0.25, 0.3) is 0 Å². The van der Waals surface area contributed by atoms with Gasteiger partial charge in [0.25, 0.3) is 0 Å². The maximum atomic E-state index is 13.4. The Morgan fingerprint density at radius 3 is 2.59 bits per heavy atom. The number of rotatable bonds is 7. The Kier molecular flexibility index (Phi) is 7.52. The van der Waals surface area contributed by atoms with Gasteiger partial charge in [-0.2, -0.15) is 13.2 Å². The summed E-state index contributed by atoms with van der Waals surface area (Å²) in [5.74, 6) is -5.49. The Morgan fingerprint density at radius 1 is 1.34 bits per heavy atom. The molecule has 0 fully saturated rings. The van der Waals surface area contributed by atoms with Gasteiger partial charge in [-0.1, -0.05) is 42.8 Å². The van der Waals surface area contributed by atoms with E-state index in [-0.39, 0.29) is 19.3 Å². The predicted octanol–water partition coefficient (Wildman–Crippen LogP) is 5.46. The summed E-state index contributed by atoms with van der Waals surface area (Å²) in [5.41, 5.74) is 1.74. The molecule has 0 saturated carbocycles. The fourth-order valence-corrected chi connectivity index (χ4v) is 3.58. The van der Waals surface area contributed by atoms with Crippen LogP contribution in [0, 0.1) is 24.7 Å². The number of nitrogens with one attached hydrogen (secondary N) is 1. The van der Waals surface area contributed by atoms with E-state index in [2.05, 4.69) is 5.32 Å². The van der Waals surface area contributed by atoms with Crippen LogP contribution in [0.5, 0.6) is 0 Å². The second kappa shape index (κ2) is 9.48. The van der Waals surface area contributed by atoms with Crippen LogP contribution in [0.15, 0.2) is 41.5 Å². The first-order valence-electron chi connectivity index (χ1n) is 9.22. The van der Waals surface area contributed by atoms with Gasteiger partial charge >= 0.3 is 12.1 Å². The van der Waals surface area contributed by atoms with E-state index < -0.39 is 35.8 Å². The summed E-state index contributed by atoms with van der Waals surface area (Å²) in [5, 5.41) is 11.9. The van der Waals surface area contributed by atoms with Gasteiger partial charge in [-0.05, 0) is 49.0 Å². The summed E-state index contributed by atoms with van der Waals surface area (Å²) >= 11 is 5.87. The second-order valence-corrected chi connectivity index (χ2v) is 7.61. The molecule has 0 radical (unpaired) electrons. The highest BCUT2D eigenvalue weighted by atomic mass is 35.5. The van der Waals surface area contributed by atoms with Gasteiger partial charge in [-0.3, -0.25) is 9.59 Å². The molecule has 1 amide bonds. The van der Waals surface area contributed by atoms with Gasteiger partial charge in [0.05, 0.1) is 11.8 Å². The smallest absolute Gasteiger partial charge is 0.392 e. The molecule has 1 unspecified atom stereocenters. The average Bonchev–Trinajstić information content (AvgIpc) is 2.63. The van der Waals surface area contributed by atoms with Crippen molar-refractivity contribution in [2.24, 2.45) is 17.8 Å². The van der Waals surface area contributed by atoms with E-state index in [1.165, 1.54) is 6.08 Å². The number of aryl methyl sites for hydroxylation is 1. The van der Waals surface area contributed by atoms with E-state index in [1.807, 2.05) is 0 Å². The topological polar surface area (TPSA) is 66.4 Å². The molecule has 0 spiro atoms. The van der Waals surface area contributed by atoms with Crippen molar-refractivity contribution in [1.82, 2.24) is 0 Å². The molecular formula is C21H23ClF3NO3. The number of carboxylic acid groups (broad SMARTS) is 1. The zero-order chi connectivity index (χ0) is 21.8. The first-order chi connectivity index (χ1) is 13.5. The monoisotopic (exact) mass is 429 g/mol.